The van der Waals surface area contributed by atoms with E-state index in [1.165, 1.54) is 23.1 Å². The Morgan fingerprint density at radius 3 is 2.41 bits per heavy atom. The van der Waals surface area contributed by atoms with Gasteiger partial charge in [-0.25, -0.2) is 13.9 Å². The van der Waals surface area contributed by atoms with E-state index >= 15 is 0 Å². The van der Waals surface area contributed by atoms with Crippen LogP contribution >= 0.6 is 11.6 Å². The van der Waals surface area contributed by atoms with Gasteiger partial charge in [0, 0.05) is 23.7 Å². The van der Waals surface area contributed by atoms with E-state index < -0.39 is 11.8 Å². The zero-order valence-corrected chi connectivity index (χ0v) is 22.5. The first kappa shape index (κ1) is 28.0. The second-order valence-electron chi connectivity index (χ2n) is 9.66. The molecule has 0 spiro atoms. The number of urea groups is 1. The number of aromatic nitrogens is 2. The van der Waals surface area contributed by atoms with Crippen LogP contribution in [0.15, 0.2) is 48.5 Å². The van der Waals surface area contributed by atoms with E-state index in [2.05, 4.69) is 10.6 Å². The molecular weight excluding hydrogens is 497 g/mol. The van der Waals surface area contributed by atoms with Gasteiger partial charge in [0.25, 0.3) is 0 Å². The number of hydrogen-bond acceptors (Lipinski definition) is 4. The van der Waals surface area contributed by atoms with E-state index in [1.54, 1.807) is 11.8 Å². The highest BCUT2D eigenvalue weighted by Gasteiger charge is 2.23. The third kappa shape index (κ3) is 7.45. The molecule has 0 aliphatic rings. The van der Waals surface area contributed by atoms with Crippen LogP contribution in [0.1, 0.15) is 46.2 Å². The highest BCUT2D eigenvalue weighted by molar-refractivity contribution is 6.31. The number of methoxy groups -OCH3 is 1. The van der Waals surface area contributed by atoms with E-state index in [1.807, 2.05) is 58.0 Å². The molecule has 2 N–H and O–H groups in total. The van der Waals surface area contributed by atoms with Gasteiger partial charge in [0.1, 0.15) is 23.9 Å². The van der Waals surface area contributed by atoms with Gasteiger partial charge >= 0.3 is 6.03 Å². The van der Waals surface area contributed by atoms with Crippen LogP contribution in [0.2, 0.25) is 5.02 Å². The lowest BCUT2D eigenvalue weighted by Crippen LogP contribution is -2.41. The number of unbranched alkanes of at least 4 members (excludes halogenated alkanes) is 1. The summed E-state index contributed by atoms with van der Waals surface area (Å²) in [5.74, 6) is 0.238. The van der Waals surface area contributed by atoms with Gasteiger partial charge in [-0.15, -0.1) is 0 Å². The maximum atomic E-state index is 13.5. The van der Waals surface area contributed by atoms with E-state index in [0.29, 0.717) is 30.2 Å². The lowest BCUT2D eigenvalue weighted by molar-refractivity contribution is -0.116. The molecule has 0 atom stereocenters. The van der Waals surface area contributed by atoms with Crippen molar-refractivity contribution >= 4 is 35.0 Å². The predicted molar refractivity (Wildman–Crippen MR) is 144 cm³/mol. The Morgan fingerprint density at radius 1 is 1.11 bits per heavy atom. The summed E-state index contributed by atoms with van der Waals surface area (Å²) in [6, 6.07) is 12.6. The summed E-state index contributed by atoms with van der Waals surface area (Å²) in [7, 11) is 1.59. The average Bonchev–Trinajstić information content (AvgIpc) is 3.28. The molecule has 1 heterocycles. The van der Waals surface area contributed by atoms with Gasteiger partial charge in [0.05, 0.1) is 23.5 Å². The molecule has 8 nitrogen and oxygen atoms in total. The molecule has 0 saturated carbocycles. The molecule has 0 aliphatic carbocycles. The van der Waals surface area contributed by atoms with E-state index in [4.69, 9.17) is 21.4 Å². The van der Waals surface area contributed by atoms with Gasteiger partial charge in [-0.3, -0.25) is 4.79 Å². The van der Waals surface area contributed by atoms with Crippen LogP contribution in [0.25, 0.3) is 5.69 Å². The lowest BCUT2D eigenvalue weighted by atomic mass is 9.92. The minimum Gasteiger partial charge on any atom is -0.497 e. The molecule has 37 heavy (non-hydrogen) atoms. The Balaban J connectivity index is 1.80. The molecule has 0 unspecified atom stereocenters. The molecule has 0 radical (unpaired) electrons. The predicted octanol–water partition coefficient (Wildman–Crippen LogP) is 6.24. The normalized spacial score (nSPS) is 11.2. The summed E-state index contributed by atoms with van der Waals surface area (Å²) >= 11 is 5.83. The van der Waals surface area contributed by atoms with Gasteiger partial charge in [0.2, 0.25) is 5.91 Å². The number of carbonyl (C=O) groups excluding carboxylic acids is 2. The van der Waals surface area contributed by atoms with Gasteiger partial charge in [-0.1, -0.05) is 45.7 Å². The zero-order chi connectivity index (χ0) is 27.2. The van der Waals surface area contributed by atoms with Crippen LogP contribution < -0.4 is 15.4 Å². The number of nitrogens with zero attached hydrogens (tertiary/aromatic N) is 3. The fourth-order valence-corrected chi connectivity index (χ4v) is 3.67. The maximum absolute atomic E-state index is 13.5. The Hall–Kier alpha value is -3.59. The number of rotatable bonds is 9. The van der Waals surface area contributed by atoms with Crippen molar-refractivity contribution in [2.75, 3.05) is 30.8 Å². The highest BCUT2D eigenvalue weighted by Crippen LogP contribution is 2.27. The van der Waals surface area contributed by atoms with Crippen LogP contribution in [-0.4, -0.2) is 46.8 Å². The molecule has 10 heteroatoms. The van der Waals surface area contributed by atoms with Crippen molar-refractivity contribution in [2.24, 2.45) is 0 Å². The van der Waals surface area contributed by atoms with Crippen LogP contribution in [0, 0.1) is 5.82 Å². The smallest absolute Gasteiger partial charge is 0.322 e. The van der Waals surface area contributed by atoms with Crippen molar-refractivity contribution in [3.8, 4) is 11.4 Å². The first-order valence-corrected chi connectivity index (χ1v) is 12.5. The first-order valence-electron chi connectivity index (χ1n) is 12.1. The quantitative estimate of drug-likeness (QED) is 0.343. The highest BCUT2D eigenvalue weighted by atomic mass is 35.5. The van der Waals surface area contributed by atoms with Crippen molar-refractivity contribution in [1.82, 2.24) is 14.7 Å². The van der Waals surface area contributed by atoms with Crippen molar-refractivity contribution < 1.29 is 18.7 Å². The molecular formula is C27H33ClFN5O3. The molecule has 198 valence electrons. The lowest BCUT2D eigenvalue weighted by Gasteiger charge is -2.22. The molecule has 0 fully saturated rings. The number of hydrogen-bond donors (Lipinski definition) is 2. The Labute approximate surface area is 221 Å². The summed E-state index contributed by atoms with van der Waals surface area (Å²) in [6.45, 7) is 8.31. The number of nitrogens with one attached hydrogen (secondary N) is 2. The molecule has 2 aromatic carbocycles. The molecule has 0 bridgehead atoms. The minimum atomic E-state index is -0.579. The number of amides is 3. The first-order chi connectivity index (χ1) is 17.5. The van der Waals surface area contributed by atoms with Crippen molar-refractivity contribution in [3.05, 3.63) is 65.1 Å². The summed E-state index contributed by atoms with van der Waals surface area (Å²) < 4.78 is 20.4. The monoisotopic (exact) mass is 529 g/mol. The minimum absolute atomic E-state index is 0.0999. The van der Waals surface area contributed by atoms with Crippen LogP contribution in [0.5, 0.6) is 5.75 Å². The van der Waals surface area contributed by atoms with Gasteiger partial charge in [-0.2, -0.15) is 5.10 Å². The Morgan fingerprint density at radius 2 is 1.81 bits per heavy atom. The number of halogens is 2. The third-order valence-corrected chi connectivity index (χ3v) is 5.93. The van der Waals surface area contributed by atoms with Gasteiger partial charge < -0.3 is 20.3 Å². The Kier molecular flexibility index (Phi) is 9.15. The van der Waals surface area contributed by atoms with Crippen molar-refractivity contribution in [1.29, 1.82) is 0 Å². The molecule has 3 aromatic rings. The largest absolute Gasteiger partial charge is 0.497 e. The van der Waals surface area contributed by atoms with Crippen LogP contribution in [-0.2, 0) is 10.2 Å². The van der Waals surface area contributed by atoms with Crippen molar-refractivity contribution in [3.63, 3.8) is 0 Å². The summed E-state index contributed by atoms with van der Waals surface area (Å²) in [5, 5.41) is 10.2. The van der Waals surface area contributed by atoms with Gasteiger partial charge in [0.15, 0.2) is 0 Å². The molecule has 0 aliphatic heterocycles. The fourth-order valence-electron chi connectivity index (χ4n) is 3.49. The maximum Gasteiger partial charge on any atom is 0.322 e. The fraction of sp³-hybridized carbons (Fsp3) is 0.370. The molecule has 0 saturated heterocycles. The SMILES string of the molecule is CCCCN(CC(=O)Nc1cc(C(C)(C)C)nn1-c1ccc(OC)cc1)C(=O)Nc1ccc(F)c(Cl)c1. The Bertz CT molecular complexity index is 1240. The van der Waals surface area contributed by atoms with Crippen LogP contribution in [0.4, 0.5) is 20.7 Å². The topological polar surface area (TPSA) is 88.5 Å². The summed E-state index contributed by atoms with van der Waals surface area (Å²) in [4.78, 5) is 27.5. The molecule has 3 rings (SSSR count). The van der Waals surface area contributed by atoms with Crippen molar-refractivity contribution in [2.45, 2.75) is 46.0 Å². The van der Waals surface area contributed by atoms with Gasteiger partial charge in [-0.05, 0) is 48.9 Å². The molecule has 1 aromatic heterocycles. The molecule has 3 amide bonds. The van der Waals surface area contributed by atoms with Crippen LogP contribution in [0.3, 0.4) is 0 Å². The van der Waals surface area contributed by atoms with E-state index in [0.717, 1.165) is 17.8 Å². The second kappa shape index (κ2) is 12.1. The number of anilines is 2. The number of benzene rings is 2. The van der Waals surface area contributed by atoms with E-state index in [-0.39, 0.29) is 22.9 Å². The second-order valence-corrected chi connectivity index (χ2v) is 10.1. The number of carbonyl (C=O) groups is 2. The summed E-state index contributed by atoms with van der Waals surface area (Å²) in [6.07, 6.45) is 1.55. The van der Waals surface area contributed by atoms with E-state index in [9.17, 15) is 14.0 Å². The number of ether oxygens (including phenoxy) is 1. The third-order valence-electron chi connectivity index (χ3n) is 5.64. The average molecular weight is 530 g/mol. The standard InChI is InChI=1S/C27H33ClFN5O3/c1-6-7-14-33(26(36)30-18-8-13-22(29)21(28)15-18)17-25(35)31-24-16-23(27(2,3)4)32-34(24)19-9-11-20(37-5)12-10-19/h8-13,15-16H,6-7,14,17H2,1-5H3,(H,30,36)(H,31,35). The zero-order valence-electron chi connectivity index (χ0n) is 21.8. The summed E-state index contributed by atoms with van der Waals surface area (Å²) in [5.41, 5.74) is 1.64.